The van der Waals surface area contributed by atoms with Crippen molar-refractivity contribution < 1.29 is 13.9 Å². The van der Waals surface area contributed by atoms with Crippen LogP contribution in [0.15, 0.2) is 22.7 Å². The minimum absolute atomic E-state index is 0. The maximum Gasteiger partial charge on any atom is 0.179 e. The zero-order chi connectivity index (χ0) is 11.5. The van der Waals surface area contributed by atoms with Crippen molar-refractivity contribution in [2.75, 3.05) is 20.2 Å². The van der Waals surface area contributed by atoms with Gasteiger partial charge >= 0.3 is 0 Å². The van der Waals surface area contributed by atoms with Gasteiger partial charge in [0.25, 0.3) is 0 Å². The van der Waals surface area contributed by atoms with Crippen molar-refractivity contribution in [1.29, 1.82) is 0 Å². The lowest BCUT2D eigenvalue weighted by atomic mass is 10.2. The summed E-state index contributed by atoms with van der Waals surface area (Å²) in [6.07, 6.45) is -0.174. The summed E-state index contributed by atoms with van der Waals surface area (Å²) >= 11 is 3.13. The molecule has 0 unspecified atom stereocenters. The predicted octanol–water partition coefficient (Wildman–Crippen LogP) is 2.38. The van der Waals surface area contributed by atoms with Crippen molar-refractivity contribution in [3.05, 3.63) is 28.5 Å². The average molecular weight is 327 g/mol. The van der Waals surface area contributed by atoms with Crippen LogP contribution in [0.2, 0.25) is 0 Å². The SMILES string of the molecule is CO[C@H]1CNC[C@@H]1Oc1cccc(Br)c1F.Cl. The average Bonchev–Trinajstić information content (AvgIpc) is 2.72. The molecule has 17 heavy (non-hydrogen) atoms. The molecule has 1 aromatic carbocycles. The molecule has 0 amide bonds. The number of benzene rings is 1. The fourth-order valence-electron chi connectivity index (χ4n) is 1.72. The molecule has 0 radical (unpaired) electrons. The molecule has 1 aliphatic heterocycles. The van der Waals surface area contributed by atoms with Crippen molar-refractivity contribution >= 4 is 28.3 Å². The third kappa shape index (κ3) is 3.31. The quantitative estimate of drug-likeness (QED) is 0.925. The Morgan fingerprint density at radius 1 is 1.35 bits per heavy atom. The van der Waals surface area contributed by atoms with Gasteiger partial charge in [-0.25, -0.2) is 4.39 Å². The highest BCUT2D eigenvalue weighted by Crippen LogP contribution is 2.26. The van der Waals surface area contributed by atoms with E-state index in [1.54, 1.807) is 25.3 Å². The molecule has 0 spiro atoms. The highest BCUT2D eigenvalue weighted by atomic mass is 79.9. The van der Waals surface area contributed by atoms with Crippen LogP contribution in [0.5, 0.6) is 5.75 Å². The van der Waals surface area contributed by atoms with E-state index in [0.717, 1.165) is 6.54 Å². The van der Waals surface area contributed by atoms with Gasteiger partial charge in [0.1, 0.15) is 12.2 Å². The Hall–Kier alpha value is -0.360. The summed E-state index contributed by atoms with van der Waals surface area (Å²) in [4.78, 5) is 0. The molecule has 0 bridgehead atoms. The van der Waals surface area contributed by atoms with E-state index in [1.165, 1.54) is 0 Å². The number of ether oxygens (including phenoxy) is 2. The van der Waals surface area contributed by atoms with Gasteiger partial charge in [-0.15, -0.1) is 12.4 Å². The standard InChI is InChI=1S/C11H13BrFNO2.ClH/c1-15-9-5-14-6-10(9)16-8-4-2-3-7(12)11(8)13;/h2-4,9-10,14H,5-6H2,1H3;1H/t9-,10-;/m0./s1. The second-order valence-electron chi connectivity index (χ2n) is 3.64. The summed E-state index contributed by atoms with van der Waals surface area (Å²) in [5.41, 5.74) is 0. The molecule has 0 aromatic heterocycles. The summed E-state index contributed by atoms with van der Waals surface area (Å²) in [6.45, 7) is 1.40. The highest BCUT2D eigenvalue weighted by Gasteiger charge is 2.29. The molecular formula is C11H14BrClFNO2. The zero-order valence-corrected chi connectivity index (χ0v) is 11.7. The van der Waals surface area contributed by atoms with E-state index in [9.17, 15) is 4.39 Å². The van der Waals surface area contributed by atoms with Crippen LogP contribution in [0.4, 0.5) is 4.39 Å². The van der Waals surface area contributed by atoms with Gasteiger partial charge in [-0.1, -0.05) is 6.07 Å². The van der Waals surface area contributed by atoms with Crippen LogP contribution in [-0.2, 0) is 4.74 Å². The lowest BCUT2D eigenvalue weighted by Crippen LogP contribution is -2.31. The number of nitrogens with one attached hydrogen (secondary N) is 1. The molecule has 1 aliphatic rings. The first kappa shape index (κ1) is 14.7. The Morgan fingerprint density at radius 3 is 2.76 bits per heavy atom. The lowest BCUT2D eigenvalue weighted by Gasteiger charge is -2.19. The van der Waals surface area contributed by atoms with E-state index < -0.39 is 0 Å². The van der Waals surface area contributed by atoms with Crippen LogP contribution in [0, 0.1) is 5.82 Å². The summed E-state index contributed by atoms with van der Waals surface area (Å²) in [6, 6.07) is 5.00. The van der Waals surface area contributed by atoms with Crippen LogP contribution in [0.1, 0.15) is 0 Å². The van der Waals surface area contributed by atoms with Crippen LogP contribution < -0.4 is 10.1 Å². The van der Waals surface area contributed by atoms with Crippen molar-refractivity contribution in [2.24, 2.45) is 0 Å². The largest absolute Gasteiger partial charge is 0.483 e. The Morgan fingerprint density at radius 2 is 2.06 bits per heavy atom. The molecule has 0 aliphatic carbocycles. The highest BCUT2D eigenvalue weighted by molar-refractivity contribution is 9.10. The van der Waals surface area contributed by atoms with Crippen molar-refractivity contribution in [3.8, 4) is 5.75 Å². The first-order valence-electron chi connectivity index (χ1n) is 5.06. The minimum Gasteiger partial charge on any atom is -0.483 e. The van der Waals surface area contributed by atoms with Gasteiger partial charge in [-0.3, -0.25) is 0 Å². The van der Waals surface area contributed by atoms with Gasteiger partial charge in [0, 0.05) is 20.2 Å². The molecule has 96 valence electrons. The Balaban J connectivity index is 0.00000144. The van der Waals surface area contributed by atoms with Gasteiger partial charge in [-0.2, -0.15) is 0 Å². The maximum absolute atomic E-state index is 13.7. The van der Waals surface area contributed by atoms with Crippen LogP contribution in [0.3, 0.4) is 0 Å². The van der Waals surface area contributed by atoms with Crippen molar-refractivity contribution in [1.82, 2.24) is 5.32 Å². The molecule has 6 heteroatoms. The van der Waals surface area contributed by atoms with Gasteiger partial charge in [0.05, 0.1) is 4.47 Å². The summed E-state index contributed by atoms with van der Waals surface area (Å²) in [5.74, 6) is -0.116. The van der Waals surface area contributed by atoms with E-state index in [1.807, 2.05) is 0 Å². The Kier molecular flexibility index (Phi) is 5.66. The molecule has 1 N–H and O–H groups in total. The van der Waals surface area contributed by atoms with Crippen molar-refractivity contribution in [2.45, 2.75) is 12.2 Å². The third-order valence-corrected chi connectivity index (χ3v) is 3.22. The lowest BCUT2D eigenvalue weighted by molar-refractivity contribution is 0.0328. The number of rotatable bonds is 3. The maximum atomic E-state index is 13.7. The molecule has 3 nitrogen and oxygen atoms in total. The molecule has 1 fully saturated rings. The first-order valence-corrected chi connectivity index (χ1v) is 5.86. The van der Waals surface area contributed by atoms with Gasteiger partial charge < -0.3 is 14.8 Å². The monoisotopic (exact) mass is 325 g/mol. The Bertz CT molecular complexity index is 380. The number of halogens is 3. The summed E-state index contributed by atoms with van der Waals surface area (Å²) < 4.78 is 24.9. The minimum atomic E-state index is -0.371. The predicted molar refractivity (Wildman–Crippen MR) is 69.4 cm³/mol. The fraction of sp³-hybridized carbons (Fsp3) is 0.455. The van der Waals surface area contributed by atoms with Crippen LogP contribution in [0.25, 0.3) is 0 Å². The first-order chi connectivity index (χ1) is 7.72. The van der Waals surface area contributed by atoms with E-state index in [-0.39, 0.29) is 36.2 Å². The molecule has 1 heterocycles. The molecule has 2 atom stereocenters. The molecule has 2 rings (SSSR count). The van der Waals surface area contributed by atoms with E-state index in [0.29, 0.717) is 11.0 Å². The topological polar surface area (TPSA) is 30.5 Å². The number of methoxy groups -OCH3 is 1. The molecule has 0 saturated carbocycles. The van der Waals surface area contributed by atoms with E-state index in [2.05, 4.69) is 21.2 Å². The van der Waals surface area contributed by atoms with Crippen molar-refractivity contribution in [3.63, 3.8) is 0 Å². The molecule has 1 saturated heterocycles. The summed E-state index contributed by atoms with van der Waals surface area (Å²) in [5, 5.41) is 3.14. The Labute approximate surface area is 114 Å². The molecule has 1 aromatic rings. The van der Waals surface area contributed by atoms with Crippen LogP contribution in [-0.4, -0.2) is 32.4 Å². The third-order valence-electron chi connectivity index (χ3n) is 2.60. The smallest absolute Gasteiger partial charge is 0.179 e. The molecular weight excluding hydrogens is 312 g/mol. The zero-order valence-electron chi connectivity index (χ0n) is 9.28. The summed E-state index contributed by atoms with van der Waals surface area (Å²) in [7, 11) is 1.63. The normalized spacial score (nSPS) is 23.2. The van der Waals surface area contributed by atoms with Gasteiger partial charge in [0.15, 0.2) is 11.6 Å². The van der Waals surface area contributed by atoms with Crippen LogP contribution >= 0.6 is 28.3 Å². The second-order valence-corrected chi connectivity index (χ2v) is 4.49. The number of hydrogen-bond donors (Lipinski definition) is 1. The van der Waals surface area contributed by atoms with Gasteiger partial charge in [0.2, 0.25) is 0 Å². The van der Waals surface area contributed by atoms with Gasteiger partial charge in [-0.05, 0) is 28.1 Å². The van der Waals surface area contributed by atoms with E-state index >= 15 is 0 Å². The van der Waals surface area contributed by atoms with E-state index in [4.69, 9.17) is 9.47 Å². The number of hydrogen-bond acceptors (Lipinski definition) is 3. The fourth-order valence-corrected chi connectivity index (χ4v) is 2.07. The second kappa shape index (κ2) is 6.54.